The third-order valence-corrected chi connectivity index (χ3v) is 3.55. The van der Waals surface area contributed by atoms with E-state index in [1.54, 1.807) is 17.0 Å². The van der Waals surface area contributed by atoms with Crippen LogP contribution in [0.5, 0.6) is 0 Å². The molecule has 23 heavy (non-hydrogen) atoms. The van der Waals surface area contributed by atoms with Crippen molar-refractivity contribution in [1.29, 1.82) is 5.26 Å². The molecule has 6 nitrogen and oxygen atoms in total. The van der Waals surface area contributed by atoms with Crippen LogP contribution in [0, 0.1) is 11.3 Å². The molecule has 6 heteroatoms. The van der Waals surface area contributed by atoms with Crippen LogP contribution in [0.25, 0.3) is 0 Å². The number of nitrogens with one attached hydrogen (secondary N) is 2. The number of likely N-dealkylation sites (N-methyl/N-ethyl adjacent to an activating group) is 2. The molecule has 2 N–H and O–H groups in total. The summed E-state index contributed by atoms with van der Waals surface area (Å²) in [6.07, 6.45) is 0.356. The molecular weight excluding hydrogens is 292 g/mol. The van der Waals surface area contributed by atoms with Crippen molar-refractivity contribution in [3.05, 3.63) is 29.8 Å². The van der Waals surface area contributed by atoms with E-state index in [1.165, 1.54) is 0 Å². The summed E-state index contributed by atoms with van der Waals surface area (Å²) in [6.45, 7) is 5.79. The lowest BCUT2D eigenvalue weighted by atomic mass is 10.1. The van der Waals surface area contributed by atoms with Crippen LogP contribution in [-0.2, 0) is 16.0 Å². The van der Waals surface area contributed by atoms with Crippen LogP contribution >= 0.6 is 0 Å². The normalized spacial score (nSPS) is 11.4. The molecule has 0 aromatic heterocycles. The van der Waals surface area contributed by atoms with Gasteiger partial charge < -0.3 is 15.1 Å². The summed E-state index contributed by atoms with van der Waals surface area (Å²) in [5.74, 6) is -0.0796. The molecule has 0 spiro atoms. The molecule has 1 rings (SSSR count). The van der Waals surface area contributed by atoms with Gasteiger partial charge in [0.1, 0.15) is 0 Å². The third kappa shape index (κ3) is 6.49. The number of hydrogen-bond acceptors (Lipinski definition) is 3. The molecule has 1 aromatic carbocycles. The summed E-state index contributed by atoms with van der Waals surface area (Å²) in [5, 5.41) is 11.4. The van der Waals surface area contributed by atoms with Gasteiger partial charge in [-0.1, -0.05) is 12.1 Å². The molecule has 1 aromatic rings. The fraction of sp³-hybridized carbons (Fsp3) is 0.471. The number of carbonyl (C=O) groups excluding carboxylic acids is 2. The molecule has 0 heterocycles. The first kappa shape index (κ1) is 18.7. The van der Waals surface area contributed by atoms with Gasteiger partial charge in [-0.2, -0.15) is 5.26 Å². The highest BCUT2D eigenvalue weighted by Crippen LogP contribution is 2.09. The van der Waals surface area contributed by atoms with Gasteiger partial charge in [0.05, 0.1) is 19.5 Å². The van der Waals surface area contributed by atoms with E-state index in [-0.39, 0.29) is 18.4 Å². The van der Waals surface area contributed by atoms with Crippen molar-refractivity contribution < 1.29 is 14.5 Å². The second-order valence-electron chi connectivity index (χ2n) is 5.46. The predicted octanol–water partition coefficient (Wildman–Crippen LogP) is 0.0743. The summed E-state index contributed by atoms with van der Waals surface area (Å²) in [4.78, 5) is 26.6. The molecule has 124 valence electrons. The summed E-state index contributed by atoms with van der Waals surface area (Å²) in [6, 6.07) is 9.28. The van der Waals surface area contributed by atoms with E-state index in [9.17, 15) is 9.59 Å². The highest BCUT2D eigenvalue weighted by Gasteiger charge is 2.17. The molecular formula is C17H25N4O2+. The average Bonchev–Trinajstić information content (AvgIpc) is 2.50. The van der Waals surface area contributed by atoms with Crippen LogP contribution in [0.3, 0.4) is 0 Å². The lowest BCUT2D eigenvalue weighted by Crippen LogP contribution is -3.11. The Hall–Kier alpha value is -2.39. The topological polar surface area (TPSA) is 77.6 Å². The molecule has 0 aliphatic carbocycles. The standard InChI is InChI=1S/C17H24N4O2/c1-4-21(5-2)17(23)13-20(3)12-16(22)19-15-8-6-14(7-9-15)10-11-18/h6-9H,4-5,10,12-13H2,1-3H3,(H,19,22)/p+1. The van der Waals surface area contributed by atoms with E-state index in [2.05, 4.69) is 11.4 Å². The highest BCUT2D eigenvalue weighted by atomic mass is 16.2. The molecule has 0 aliphatic heterocycles. The van der Waals surface area contributed by atoms with E-state index in [0.717, 1.165) is 10.5 Å². The Labute approximate surface area is 137 Å². The number of nitrogens with zero attached hydrogens (tertiary/aromatic N) is 2. The number of rotatable bonds is 8. The van der Waals surface area contributed by atoms with Crippen LogP contribution in [0.4, 0.5) is 5.69 Å². The fourth-order valence-corrected chi connectivity index (χ4v) is 2.29. The number of hydrogen-bond donors (Lipinski definition) is 2. The molecule has 0 saturated carbocycles. The predicted molar refractivity (Wildman–Crippen MR) is 88.9 cm³/mol. The lowest BCUT2D eigenvalue weighted by Gasteiger charge is -2.20. The smallest absolute Gasteiger partial charge is 0.279 e. The highest BCUT2D eigenvalue weighted by molar-refractivity contribution is 5.91. The maximum Gasteiger partial charge on any atom is 0.279 e. The molecule has 0 saturated heterocycles. The van der Waals surface area contributed by atoms with E-state index in [1.807, 2.05) is 33.0 Å². The summed E-state index contributed by atoms with van der Waals surface area (Å²) < 4.78 is 0. The van der Waals surface area contributed by atoms with E-state index >= 15 is 0 Å². The minimum Gasteiger partial charge on any atom is -0.338 e. The van der Waals surface area contributed by atoms with Crippen LogP contribution in [0.1, 0.15) is 19.4 Å². The largest absolute Gasteiger partial charge is 0.338 e. The molecule has 0 aliphatic rings. The minimum absolute atomic E-state index is 0.0566. The van der Waals surface area contributed by atoms with Gasteiger partial charge in [0.25, 0.3) is 11.8 Å². The van der Waals surface area contributed by atoms with Crippen molar-refractivity contribution >= 4 is 17.5 Å². The van der Waals surface area contributed by atoms with Gasteiger partial charge in [0.2, 0.25) is 0 Å². The Kier molecular flexibility index (Phi) is 7.78. The molecule has 0 radical (unpaired) electrons. The zero-order chi connectivity index (χ0) is 17.2. The number of benzene rings is 1. The Morgan fingerprint density at radius 1 is 1.17 bits per heavy atom. The monoisotopic (exact) mass is 317 g/mol. The average molecular weight is 317 g/mol. The van der Waals surface area contributed by atoms with Gasteiger partial charge in [-0.3, -0.25) is 9.59 Å². The van der Waals surface area contributed by atoms with E-state index in [4.69, 9.17) is 5.26 Å². The number of quaternary nitrogens is 1. The van der Waals surface area contributed by atoms with E-state index in [0.29, 0.717) is 31.7 Å². The van der Waals surface area contributed by atoms with Gasteiger partial charge in [-0.25, -0.2) is 0 Å². The maximum atomic E-state index is 12.0. The van der Waals surface area contributed by atoms with Crippen LogP contribution < -0.4 is 10.2 Å². The Morgan fingerprint density at radius 3 is 2.30 bits per heavy atom. The summed E-state index contributed by atoms with van der Waals surface area (Å²) in [7, 11) is 1.83. The Bertz CT molecular complexity index is 559. The van der Waals surface area contributed by atoms with Crippen molar-refractivity contribution in [2.75, 3.05) is 38.5 Å². The molecule has 1 unspecified atom stereocenters. The first-order chi connectivity index (χ1) is 11.0. The molecule has 0 fully saturated rings. The van der Waals surface area contributed by atoms with Crippen LogP contribution in [0.15, 0.2) is 24.3 Å². The molecule has 1 atom stereocenters. The number of carbonyl (C=O) groups is 2. The van der Waals surface area contributed by atoms with Gasteiger partial charge in [0, 0.05) is 18.8 Å². The van der Waals surface area contributed by atoms with Crippen molar-refractivity contribution in [3.63, 3.8) is 0 Å². The fourth-order valence-electron chi connectivity index (χ4n) is 2.29. The zero-order valence-electron chi connectivity index (χ0n) is 14.1. The first-order valence-corrected chi connectivity index (χ1v) is 7.84. The van der Waals surface area contributed by atoms with Crippen molar-refractivity contribution in [3.8, 4) is 6.07 Å². The quantitative estimate of drug-likeness (QED) is 0.712. The maximum absolute atomic E-state index is 12.0. The first-order valence-electron chi connectivity index (χ1n) is 7.84. The second kappa shape index (κ2) is 9.59. The number of anilines is 1. The minimum atomic E-state index is -0.136. The Morgan fingerprint density at radius 2 is 1.78 bits per heavy atom. The number of amides is 2. The number of nitriles is 1. The van der Waals surface area contributed by atoms with Crippen molar-refractivity contribution in [2.45, 2.75) is 20.3 Å². The second-order valence-corrected chi connectivity index (χ2v) is 5.46. The van der Waals surface area contributed by atoms with Crippen molar-refractivity contribution in [1.82, 2.24) is 4.90 Å². The van der Waals surface area contributed by atoms with Crippen molar-refractivity contribution in [2.24, 2.45) is 0 Å². The lowest BCUT2D eigenvalue weighted by molar-refractivity contribution is -0.862. The van der Waals surface area contributed by atoms with E-state index < -0.39 is 0 Å². The van der Waals surface area contributed by atoms with Gasteiger partial charge in [0.15, 0.2) is 13.1 Å². The molecule has 0 bridgehead atoms. The summed E-state index contributed by atoms with van der Waals surface area (Å²) >= 11 is 0. The van der Waals surface area contributed by atoms with Gasteiger partial charge in [-0.05, 0) is 31.5 Å². The summed E-state index contributed by atoms with van der Waals surface area (Å²) in [5.41, 5.74) is 1.61. The molecule has 2 amide bonds. The van der Waals surface area contributed by atoms with Crippen LogP contribution in [-0.4, -0.2) is 49.9 Å². The van der Waals surface area contributed by atoms with Gasteiger partial charge in [-0.15, -0.1) is 0 Å². The SMILES string of the molecule is CCN(CC)C(=O)C[NH+](C)CC(=O)Nc1ccc(CC#N)cc1. The van der Waals surface area contributed by atoms with Gasteiger partial charge >= 0.3 is 0 Å². The zero-order valence-corrected chi connectivity index (χ0v) is 14.1. The third-order valence-electron chi connectivity index (χ3n) is 3.55. The Balaban J connectivity index is 2.46. The van der Waals surface area contributed by atoms with Crippen LogP contribution in [0.2, 0.25) is 0 Å².